The van der Waals surface area contributed by atoms with Crippen molar-refractivity contribution in [2.24, 2.45) is 0 Å². The number of likely N-dealkylation sites (tertiary alicyclic amines) is 1. The zero-order valence-electron chi connectivity index (χ0n) is 16.4. The molecule has 1 aromatic carbocycles. The second-order valence-corrected chi connectivity index (χ2v) is 7.82. The monoisotopic (exact) mass is 422 g/mol. The van der Waals surface area contributed by atoms with Gasteiger partial charge in [-0.2, -0.15) is 5.26 Å². The number of nitrogens with one attached hydrogen (secondary N) is 2. The number of aromatic nitrogens is 2. The molecule has 0 spiro atoms. The van der Waals surface area contributed by atoms with Gasteiger partial charge in [0.2, 0.25) is 5.91 Å². The van der Waals surface area contributed by atoms with Crippen LogP contribution in [0.15, 0.2) is 46.3 Å². The minimum atomic E-state index is -0.273. The Morgan fingerprint density at radius 1 is 1.30 bits per heavy atom. The van der Waals surface area contributed by atoms with Crippen LogP contribution in [0.25, 0.3) is 22.7 Å². The van der Waals surface area contributed by atoms with Crippen LogP contribution in [0.3, 0.4) is 0 Å². The molecule has 3 heterocycles. The molecule has 2 N–H and O–H groups in total. The molecule has 1 atom stereocenters. The average molecular weight is 423 g/mol. The first-order valence-electron chi connectivity index (χ1n) is 9.86. The summed E-state index contributed by atoms with van der Waals surface area (Å²) in [5.41, 5.74) is 2.51. The van der Waals surface area contributed by atoms with Crippen molar-refractivity contribution in [2.75, 3.05) is 31.5 Å². The van der Waals surface area contributed by atoms with Crippen LogP contribution >= 0.6 is 11.3 Å². The number of carbonyl (C=O) groups is 1. The number of hydrogen-bond acceptors (Lipinski definition) is 8. The van der Waals surface area contributed by atoms with Crippen molar-refractivity contribution in [3.8, 4) is 28.8 Å². The highest BCUT2D eigenvalue weighted by Gasteiger charge is 2.27. The van der Waals surface area contributed by atoms with Gasteiger partial charge in [-0.05, 0) is 12.8 Å². The number of thiazole rings is 1. The lowest BCUT2D eigenvalue weighted by Crippen LogP contribution is -2.41. The van der Waals surface area contributed by atoms with E-state index < -0.39 is 0 Å². The summed E-state index contributed by atoms with van der Waals surface area (Å²) in [4.78, 5) is 18.4. The molecule has 1 aliphatic rings. The topological polar surface area (TPSA) is 107 Å². The summed E-state index contributed by atoms with van der Waals surface area (Å²) in [6.07, 6.45) is 1.67. The van der Waals surface area contributed by atoms with E-state index in [4.69, 9.17) is 9.78 Å². The molecular formula is C21H22N6O2S. The number of carbonyl (C=O) groups excluding carboxylic acids is 1. The number of amides is 1. The van der Waals surface area contributed by atoms with Crippen molar-refractivity contribution in [3.05, 3.63) is 41.8 Å². The van der Waals surface area contributed by atoms with Gasteiger partial charge in [-0.3, -0.25) is 4.79 Å². The second kappa shape index (κ2) is 9.52. The number of rotatable bonds is 8. The van der Waals surface area contributed by atoms with E-state index in [0.717, 1.165) is 34.9 Å². The molecule has 1 aliphatic heterocycles. The Hall–Kier alpha value is -3.22. The van der Waals surface area contributed by atoms with Gasteiger partial charge < -0.3 is 20.1 Å². The Kier molecular flexibility index (Phi) is 6.37. The van der Waals surface area contributed by atoms with E-state index in [9.17, 15) is 4.79 Å². The molecule has 1 fully saturated rings. The quantitative estimate of drug-likeness (QED) is 0.537. The second-order valence-electron chi connectivity index (χ2n) is 6.96. The van der Waals surface area contributed by atoms with Crippen LogP contribution in [0.5, 0.6) is 0 Å². The highest BCUT2D eigenvalue weighted by molar-refractivity contribution is 7.14. The summed E-state index contributed by atoms with van der Waals surface area (Å²) >= 11 is 1.49. The van der Waals surface area contributed by atoms with E-state index in [2.05, 4.69) is 26.8 Å². The molecule has 3 aromatic rings. The first-order valence-corrected chi connectivity index (χ1v) is 10.7. The molecule has 1 amide bonds. The third-order valence-corrected chi connectivity index (χ3v) is 5.71. The molecule has 0 bridgehead atoms. The van der Waals surface area contributed by atoms with Gasteiger partial charge in [0.25, 0.3) is 0 Å². The third-order valence-electron chi connectivity index (χ3n) is 4.91. The summed E-state index contributed by atoms with van der Waals surface area (Å²) in [7, 11) is 0. The number of anilines is 1. The summed E-state index contributed by atoms with van der Waals surface area (Å²) in [6.45, 7) is 2.16. The largest absolute Gasteiger partial charge is 0.360 e. The number of nitriles is 1. The van der Waals surface area contributed by atoms with Crippen molar-refractivity contribution in [2.45, 2.75) is 18.9 Å². The average Bonchev–Trinajstić information content (AvgIpc) is 3.54. The van der Waals surface area contributed by atoms with Crippen LogP contribution < -0.4 is 10.6 Å². The molecule has 9 heteroatoms. The number of nitrogens with zero attached hydrogens (tertiary/aromatic N) is 4. The first kappa shape index (κ1) is 20.1. The predicted octanol–water partition coefficient (Wildman–Crippen LogP) is 2.98. The van der Waals surface area contributed by atoms with Crippen molar-refractivity contribution in [1.29, 1.82) is 5.26 Å². The van der Waals surface area contributed by atoms with Gasteiger partial charge in [-0.15, -0.1) is 11.3 Å². The van der Waals surface area contributed by atoms with E-state index in [1.807, 2.05) is 41.8 Å². The van der Waals surface area contributed by atoms with Crippen molar-refractivity contribution < 1.29 is 9.32 Å². The fraction of sp³-hybridized carbons (Fsp3) is 0.333. The maximum Gasteiger partial charge on any atom is 0.237 e. The van der Waals surface area contributed by atoms with Gasteiger partial charge in [-0.25, -0.2) is 4.98 Å². The van der Waals surface area contributed by atoms with Gasteiger partial charge in [0.05, 0.1) is 12.6 Å². The van der Waals surface area contributed by atoms with Gasteiger partial charge in [0.15, 0.2) is 10.9 Å². The van der Waals surface area contributed by atoms with E-state index in [-0.39, 0.29) is 18.5 Å². The van der Waals surface area contributed by atoms with E-state index in [1.165, 1.54) is 11.3 Å². The maximum atomic E-state index is 12.2. The summed E-state index contributed by atoms with van der Waals surface area (Å²) in [6, 6.07) is 13.7. The SMILES string of the molecule is N#CC1CCCN1C(=O)CNCCNc1nc(-c2cc(-c3ccccc3)no2)cs1. The standard InChI is InChI=1S/C21H22N6O2S/c22-12-16-7-4-10-27(16)20(28)13-23-8-9-24-21-25-18(14-30-21)19-11-17(26-29-19)15-5-2-1-3-6-15/h1-3,5-6,11,14,16,23H,4,7-10,13H2,(H,24,25). The van der Waals surface area contributed by atoms with E-state index >= 15 is 0 Å². The predicted molar refractivity (Wildman–Crippen MR) is 115 cm³/mol. The van der Waals surface area contributed by atoms with Gasteiger partial charge in [-0.1, -0.05) is 35.5 Å². The van der Waals surface area contributed by atoms with Crippen molar-refractivity contribution in [3.63, 3.8) is 0 Å². The van der Waals surface area contributed by atoms with Crippen LogP contribution in [0.2, 0.25) is 0 Å². The molecule has 8 nitrogen and oxygen atoms in total. The lowest BCUT2D eigenvalue weighted by Gasteiger charge is -2.19. The number of benzene rings is 1. The van der Waals surface area contributed by atoms with Crippen molar-refractivity contribution in [1.82, 2.24) is 20.4 Å². The molecule has 2 aromatic heterocycles. The minimum Gasteiger partial charge on any atom is -0.360 e. The van der Waals surface area contributed by atoms with Crippen molar-refractivity contribution >= 4 is 22.4 Å². The highest BCUT2D eigenvalue weighted by Crippen LogP contribution is 2.28. The third kappa shape index (κ3) is 4.67. The molecule has 154 valence electrons. The molecule has 4 rings (SSSR count). The molecule has 0 saturated carbocycles. The Bertz CT molecular complexity index is 1030. The fourth-order valence-corrected chi connectivity index (χ4v) is 4.09. The minimum absolute atomic E-state index is 0.0184. The Morgan fingerprint density at radius 2 is 2.17 bits per heavy atom. The number of hydrogen-bond donors (Lipinski definition) is 2. The molecule has 0 radical (unpaired) electrons. The molecule has 1 unspecified atom stereocenters. The van der Waals surface area contributed by atoms with E-state index in [0.29, 0.717) is 25.4 Å². The zero-order chi connectivity index (χ0) is 20.8. The van der Waals surface area contributed by atoms with Crippen LogP contribution in [0.4, 0.5) is 5.13 Å². The van der Waals surface area contributed by atoms with Gasteiger partial charge >= 0.3 is 0 Å². The Morgan fingerprint density at radius 3 is 3.00 bits per heavy atom. The van der Waals surface area contributed by atoms with Crippen LogP contribution in [0, 0.1) is 11.3 Å². The summed E-state index contributed by atoms with van der Waals surface area (Å²) in [5.74, 6) is 0.606. The zero-order valence-corrected chi connectivity index (χ0v) is 17.2. The Labute approximate surface area is 178 Å². The summed E-state index contributed by atoms with van der Waals surface area (Å²) in [5, 5.41) is 22.3. The van der Waals surface area contributed by atoms with Crippen LogP contribution in [-0.2, 0) is 4.79 Å². The lowest BCUT2D eigenvalue weighted by molar-refractivity contribution is -0.130. The Balaban J connectivity index is 1.22. The maximum absolute atomic E-state index is 12.2. The summed E-state index contributed by atoms with van der Waals surface area (Å²) < 4.78 is 5.44. The van der Waals surface area contributed by atoms with Gasteiger partial charge in [0, 0.05) is 36.6 Å². The first-order chi connectivity index (χ1) is 14.7. The molecule has 30 heavy (non-hydrogen) atoms. The van der Waals surface area contributed by atoms with Crippen LogP contribution in [-0.4, -0.2) is 53.2 Å². The smallest absolute Gasteiger partial charge is 0.237 e. The fourth-order valence-electron chi connectivity index (χ4n) is 3.36. The molecular weight excluding hydrogens is 400 g/mol. The van der Waals surface area contributed by atoms with Gasteiger partial charge in [0.1, 0.15) is 17.4 Å². The lowest BCUT2D eigenvalue weighted by atomic mass is 10.1. The normalized spacial score (nSPS) is 15.8. The highest BCUT2D eigenvalue weighted by atomic mass is 32.1. The molecule has 1 saturated heterocycles. The van der Waals surface area contributed by atoms with Crippen LogP contribution in [0.1, 0.15) is 12.8 Å². The molecule has 0 aliphatic carbocycles. The van der Waals surface area contributed by atoms with E-state index in [1.54, 1.807) is 4.90 Å².